The van der Waals surface area contributed by atoms with Gasteiger partial charge in [-0.25, -0.2) is 4.98 Å². The highest BCUT2D eigenvalue weighted by atomic mass is 32.1. The number of benzene rings is 2. The first kappa shape index (κ1) is 12.5. The van der Waals surface area contributed by atoms with E-state index in [9.17, 15) is 4.79 Å². The first-order valence-electron chi connectivity index (χ1n) is 6.93. The molecule has 4 rings (SSSR count). The van der Waals surface area contributed by atoms with Crippen LogP contribution in [0.3, 0.4) is 0 Å². The molecule has 0 fully saturated rings. The Hall–Kier alpha value is -2.20. The SMILES string of the molecule is O=C(Cc1ccc2c(c1)CCO2)c1nc2ccccc2s1. The van der Waals surface area contributed by atoms with Gasteiger partial charge in [0, 0.05) is 12.8 Å². The van der Waals surface area contributed by atoms with Crippen LogP contribution in [0.5, 0.6) is 5.75 Å². The van der Waals surface area contributed by atoms with Crippen LogP contribution in [-0.4, -0.2) is 17.4 Å². The fourth-order valence-corrected chi connectivity index (χ4v) is 3.51. The Bertz CT molecular complexity index is 805. The number of hydrogen-bond donors (Lipinski definition) is 0. The molecule has 0 saturated carbocycles. The molecule has 4 heteroatoms. The van der Waals surface area contributed by atoms with Gasteiger partial charge in [0.05, 0.1) is 16.8 Å². The summed E-state index contributed by atoms with van der Waals surface area (Å²) in [5, 5.41) is 0.591. The van der Waals surface area contributed by atoms with Gasteiger partial charge in [0.25, 0.3) is 0 Å². The number of nitrogens with zero attached hydrogens (tertiary/aromatic N) is 1. The zero-order chi connectivity index (χ0) is 14.2. The van der Waals surface area contributed by atoms with Crippen LogP contribution >= 0.6 is 11.3 Å². The molecule has 0 radical (unpaired) electrons. The number of Topliss-reactive ketones (excluding diaryl/α,β-unsaturated/α-hetero) is 1. The number of carbonyl (C=O) groups is 1. The van der Waals surface area contributed by atoms with E-state index in [0.717, 1.165) is 34.6 Å². The fourth-order valence-electron chi connectivity index (χ4n) is 2.60. The van der Waals surface area contributed by atoms with E-state index in [1.165, 1.54) is 16.9 Å². The summed E-state index contributed by atoms with van der Waals surface area (Å²) in [5.41, 5.74) is 3.13. The second-order valence-corrected chi connectivity index (χ2v) is 6.16. The maximum absolute atomic E-state index is 12.4. The topological polar surface area (TPSA) is 39.2 Å². The van der Waals surface area contributed by atoms with E-state index in [2.05, 4.69) is 11.1 Å². The predicted octanol–water partition coefficient (Wildman–Crippen LogP) is 3.66. The Kier molecular flexibility index (Phi) is 2.97. The molecule has 21 heavy (non-hydrogen) atoms. The average Bonchev–Trinajstić information content (AvgIpc) is 3.13. The van der Waals surface area contributed by atoms with Crippen molar-refractivity contribution in [2.45, 2.75) is 12.8 Å². The molecule has 1 aliphatic rings. The molecule has 0 N–H and O–H groups in total. The maximum Gasteiger partial charge on any atom is 0.195 e. The van der Waals surface area contributed by atoms with Crippen molar-refractivity contribution in [1.29, 1.82) is 0 Å². The average molecular weight is 295 g/mol. The van der Waals surface area contributed by atoms with Crippen LogP contribution in [0, 0.1) is 0 Å². The molecule has 104 valence electrons. The molecular formula is C17H13NO2S. The van der Waals surface area contributed by atoms with E-state index in [1.807, 2.05) is 36.4 Å². The molecule has 1 aromatic heterocycles. The number of carbonyl (C=O) groups excluding carboxylic acids is 1. The molecule has 3 nitrogen and oxygen atoms in total. The van der Waals surface area contributed by atoms with Crippen LogP contribution in [0.4, 0.5) is 0 Å². The van der Waals surface area contributed by atoms with Gasteiger partial charge in [-0.15, -0.1) is 11.3 Å². The summed E-state index contributed by atoms with van der Waals surface area (Å²) in [6.45, 7) is 0.741. The molecule has 0 spiro atoms. The van der Waals surface area contributed by atoms with E-state index >= 15 is 0 Å². The van der Waals surface area contributed by atoms with E-state index in [1.54, 1.807) is 0 Å². The minimum Gasteiger partial charge on any atom is -0.493 e. The first-order valence-corrected chi connectivity index (χ1v) is 7.74. The molecule has 1 aliphatic heterocycles. The summed E-state index contributed by atoms with van der Waals surface area (Å²) in [6, 6.07) is 13.9. The highest BCUT2D eigenvalue weighted by Gasteiger charge is 2.16. The molecule has 0 aliphatic carbocycles. The lowest BCUT2D eigenvalue weighted by molar-refractivity contribution is 0.0993. The fraction of sp³-hybridized carbons (Fsp3) is 0.176. The van der Waals surface area contributed by atoms with E-state index in [4.69, 9.17) is 4.74 Å². The normalized spacial score (nSPS) is 13.1. The van der Waals surface area contributed by atoms with Gasteiger partial charge in [-0.1, -0.05) is 24.3 Å². The summed E-state index contributed by atoms with van der Waals surface area (Å²) in [5.74, 6) is 1.03. The number of rotatable bonds is 3. The highest BCUT2D eigenvalue weighted by Crippen LogP contribution is 2.27. The van der Waals surface area contributed by atoms with Crippen molar-refractivity contribution >= 4 is 27.3 Å². The second-order valence-electron chi connectivity index (χ2n) is 5.13. The lowest BCUT2D eigenvalue weighted by atomic mass is 10.0. The smallest absolute Gasteiger partial charge is 0.195 e. The van der Waals surface area contributed by atoms with Crippen molar-refractivity contribution in [3.63, 3.8) is 0 Å². The highest BCUT2D eigenvalue weighted by molar-refractivity contribution is 7.20. The molecule has 0 bridgehead atoms. The predicted molar refractivity (Wildman–Crippen MR) is 83.3 cm³/mol. The van der Waals surface area contributed by atoms with Crippen molar-refractivity contribution < 1.29 is 9.53 Å². The summed E-state index contributed by atoms with van der Waals surface area (Å²) >= 11 is 1.46. The maximum atomic E-state index is 12.4. The molecular weight excluding hydrogens is 282 g/mol. The van der Waals surface area contributed by atoms with Gasteiger partial charge in [0.15, 0.2) is 10.8 Å². The Morgan fingerprint density at radius 2 is 2.14 bits per heavy atom. The number of para-hydroxylation sites is 1. The van der Waals surface area contributed by atoms with Gasteiger partial charge >= 0.3 is 0 Å². The van der Waals surface area contributed by atoms with Crippen molar-refractivity contribution in [3.8, 4) is 5.75 Å². The minimum absolute atomic E-state index is 0.0788. The van der Waals surface area contributed by atoms with E-state index in [0.29, 0.717) is 11.4 Å². The third-order valence-electron chi connectivity index (χ3n) is 3.65. The largest absolute Gasteiger partial charge is 0.493 e. The van der Waals surface area contributed by atoms with Gasteiger partial charge in [0.2, 0.25) is 0 Å². The molecule has 2 heterocycles. The molecule has 3 aromatic rings. The zero-order valence-corrected chi connectivity index (χ0v) is 12.2. The van der Waals surface area contributed by atoms with Gasteiger partial charge < -0.3 is 4.74 Å². The van der Waals surface area contributed by atoms with Gasteiger partial charge in [0.1, 0.15) is 5.75 Å². The van der Waals surface area contributed by atoms with Crippen LogP contribution in [0.25, 0.3) is 10.2 Å². The van der Waals surface area contributed by atoms with Crippen LogP contribution in [-0.2, 0) is 12.8 Å². The number of ether oxygens (including phenoxy) is 1. The van der Waals surface area contributed by atoms with Crippen molar-refractivity contribution in [1.82, 2.24) is 4.98 Å². The van der Waals surface area contributed by atoms with Gasteiger partial charge in [-0.05, 0) is 29.3 Å². The van der Waals surface area contributed by atoms with Crippen molar-refractivity contribution in [2.24, 2.45) is 0 Å². The summed E-state index contributed by atoms with van der Waals surface area (Å²) in [7, 11) is 0. The Balaban J connectivity index is 1.60. The molecule has 2 aromatic carbocycles. The molecule has 0 saturated heterocycles. The summed E-state index contributed by atoms with van der Waals surface area (Å²) in [6.07, 6.45) is 1.33. The second kappa shape index (κ2) is 4.97. The lowest BCUT2D eigenvalue weighted by Gasteiger charge is -2.02. The number of hydrogen-bond acceptors (Lipinski definition) is 4. The summed E-state index contributed by atoms with van der Waals surface area (Å²) < 4.78 is 6.55. The third kappa shape index (κ3) is 2.32. The monoisotopic (exact) mass is 295 g/mol. The minimum atomic E-state index is 0.0788. The quantitative estimate of drug-likeness (QED) is 0.692. The van der Waals surface area contributed by atoms with E-state index < -0.39 is 0 Å². The molecule has 0 unspecified atom stereocenters. The zero-order valence-electron chi connectivity index (χ0n) is 11.3. The van der Waals surface area contributed by atoms with Crippen LogP contribution in [0.2, 0.25) is 0 Å². The Morgan fingerprint density at radius 3 is 3.05 bits per heavy atom. The molecule has 0 amide bonds. The first-order chi connectivity index (χ1) is 10.3. The van der Waals surface area contributed by atoms with Crippen LogP contribution in [0.15, 0.2) is 42.5 Å². The number of aromatic nitrogens is 1. The van der Waals surface area contributed by atoms with E-state index in [-0.39, 0.29) is 5.78 Å². The number of thiazole rings is 1. The Morgan fingerprint density at radius 1 is 1.24 bits per heavy atom. The lowest BCUT2D eigenvalue weighted by Crippen LogP contribution is -2.03. The molecule has 0 atom stereocenters. The third-order valence-corrected chi connectivity index (χ3v) is 4.73. The standard InChI is InChI=1S/C17H13NO2S/c19-14(17-18-13-3-1-2-4-16(13)21-17)10-11-5-6-15-12(9-11)7-8-20-15/h1-6,9H,7-8,10H2. The van der Waals surface area contributed by atoms with Crippen LogP contribution < -0.4 is 4.74 Å². The Labute approximate surface area is 126 Å². The van der Waals surface area contributed by atoms with Crippen LogP contribution in [0.1, 0.15) is 20.9 Å². The van der Waals surface area contributed by atoms with Crippen molar-refractivity contribution in [2.75, 3.05) is 6.61 Å². The summed E-state index contributed by atoms with van der Waals surface area (Å²) in [4.78, 5) is 16.8. The van der Waals surface area contributed by atoms with Crippen molar-refractivity contribution in [3.05, 3.63) is 58.6 Å². The number of fused-ring (bicyclic) bond motifs is 2. The van der Waals surface area contributed by atoms with Gasteiger partial charge in [-0.2, -0.15) is 0 Å². The van der Waals surface area contributed by atoms with Gasteiger partial charge in [-0.3, -0.25) is 4.79 Å². The number of ketones is 1.